The molecule has 0 aliphatic heterocycles. The first kappa shape index (κ1) is 15.0. The summed E-state index contributed by atoms with van der Waals surface area (Å²) in [6, 6.07) is 2.12. The molecule has 1 aromatic heterocycles. The summed E-state index contributed by atoms with van der Waals surface area (Å²) in [5.41, 5.74) is 1.60. The van der Waals surface area contributed by atoms with E-state index < -0.39 is 11.9 Å². The summed E-state index contributed by atoms with van der Waals surface area (Å²) in [4.78, 5) is 23.0. The van der Waals surface area contributed by atoms with Crippen LogP contribution in [-0.2, 0) is 22.5 Å². The van der Waals surface area contributed by atoms with Gasteiger partial charge in [0.25, 0.3) is 0 Å². The van der Waals surface area contributed by atoms with Crippen LogP contribution in [0.2, 0.25) is 0 Å². The maximum atomic E-state index is 12.0. The van der Waals surface area contributed by atoms with Gasteiger partial charge in [-0.25, -0.2) is 4.79 Å². The van der Waals surface area contributed by atoms with Crippen molar-refractivity contribution in [1.82, 2.24) is 9.78 Å². The van der Waals surface area contributed by atoms with Gasteiger partial charge in [-0.15, -0.1) is 0 Å². The topological polar surface area (TPSA) is 105 Å². The van der Waals surface area contributed by atoms with Crippen molar-refractivity contribution in [3.63, 3.8) is 0 Å². The lowest BCUT2D eigenvalue weighted by Crippen LogP contribution is -2.17. The zero-order chi connectivity index (χ0) is 15.4. The maximum absolute atomic E-state index is 12.0. The van der Waals surface area contributed by atoms with Crippen molar-refractivity contribution in [3.05, 3.63) is 17.0 Å². The van der Waals surface area contributed by atoms with Crippen molar-refractivity contribution in [2.24, 2.45) is 0 Å². The standard InChI is InChI=1S/C14H17N3O4/c1-2-21-14(20)13-12-9(6-7-15)4-3-5-10(12)17(16-13)8-11(18)19/h9H,2-6,8H2,1H3,(H,18,19). The van der Waals surface area contributed by atoms with E-state index in [9.17, 15) is 9.59 Å². The largest absolute Gasteiger partial charge is 0.480 e. The summed E-state index contributed by atoms with van der Waals surface area (Å²) in [5, 5.41) is 22.0. The van der Waals surface area contributed by atoms with E-state index in [-0.39, 0.29) is 31.2 Å². The lowest BCUT2D eigenvalue weighted by molar-refractivity contribution is -0.137. The molecule has 0 aromatic carbocycles. The molecule has 1 aliphatic rings. The number of hydrogen-bond donors (Lipinski definition) is 1. The van der Waals surface area contributed by atoms with E-state index in [0.29, 0.717) is 12.0 Å². The number of nitriles is 1. The van der Waals surface area contributed by atoms with Crippen molar-refractivity contribution < 1.29 is 19.4 Å². The van der Waals surface area contributed by atoms with E-state index >= 15 is 0 Å². The number of nitrogens with zero attached hydrogens (tertiary/aromatic N) is 3. The molecule has 0 fully saturated rings. The first-order valence-electron chi connectivity index (χ1n) is 6.93. The van der Waals surface area contributed by atoms with Gasteiger partial charge in [0.2, 0.25) is 0 Å². The van der Waals surface area contributed by atoms with Crippen LogP contribution in [0.3, 0.4) is 0 Å². The maximum Gasteiger partial charge on any atom is 0.359 e. The molecule has 0 radical (unpaired) electrons. The number of esters is 1. The molecule has 0 amide bonds. The summed E-state index contributed by atoms with van der Waals surface area (Å²) in [6.45, 7) is 1.63. The second kappa shape index (κ2) is 6.39. The molecule has 2 rings (SSSR count). The van der Waals surface area contributed by atoms with Gasteiger partial charge in [-0.05, 0) is 26.2 Å². The summed E-state index contributed by atoms with van der Waals surface area (Å²) >= 11 is 0. The van der Waals surface area contributed by atoms with Gasteiger partial charge >= 0.3 is 11.9 Å². The van der Waals surface area contributed by atoms with Gasteiger partial charge in [-0.1, -0.05) is 0 Å². The number of carbonyl (C=O) groups is 2. The van der Waals surface area contributed by atoms with Crippen LogP contribution in [0.1, 0.15) is 53.8 Å². The quantitative estimate of drug-likeness (QED) is 0.824. The average molecular weight is 291 g/mol. The number of hydrogen-bond acceptors (Lipinski definition) is 5. The van der Waals surface area contributed by atoms with Gasteiger partial charge in [0, 0.05) is 23.6 Å². The van der Waals surface area contributed by atoms with Gasteiger partial charge in [0.1, 0.15) is 6.54 Å². The number of carbonyl (C=O) groups excluding carboxylic acids is 1. The van der Waals surface area contributed by atoms with Crippen LogP contribution in [0.15, 0.2) is 0 Å². The van der Waals surface area contributed by atoms with E-state index in [2.05, 4.69) is 11.2 Å². The summed E-state index contributed by atoms with van der Waals surface area (Å²) in [7, 11) is 0. The predicted octanol–water partition coefficient (Wildman–Crippen LogP) is 1.48. The Labute approximate surface area is 122 Å². The fourth-order valence-electron chi connectivity index (χ4n) is 2.79. The molecule has 0 bridgehead atoms. The highest BCUT2D eigenvalue weighted by atomic mass is 16.5. The highest BCUT2D eigenvalue weighted by Crippen LogP contribution is 2.36. The van der Waals surface area contributed by atoms with Crippen LogP contribution >= 0.6 is 0 Å². The number of aliphatic carboxylic acids is 1. The predicted molar refractivity (Wildman–Crippen MR) is 71.7 cm³/mol. The van der Waals surface area contributed by atoms with Gasteiger partial charge in [-0.3, -0.25) is 9.48 Å². The molecule has 1 N–H and O–H groups in total. The van der Waals surface area contributed by atoms with Crippen LogP contribution in [0, 0.1) is 11.3 Å². The fourth-order valence-corrected chi connectivity index (χ4v) is 2.79. The monoisotopic (exact) mass is 291 g/mol. The van der Waals surface area contributed by atoms with E-state index in [1.807, 2.05) is 0 Å². The molecule has 21 heavy (non-hydrogen) atoms. The normalized spacial score (nSPS) is 16.9. The minimum atomic E-state index is -1.02. The number of rotatable bonds is 5. The van der Waals surface area contributed by atoms with E-state index in [1.165, 1.54) is 4.68 Å². The Morgan fingerprint density at radius 3 is 2.95 bits per heavy atom. The lowest BCUT2D eigenvalue weighted by Gasteiger charge is -2.21. The van der Waals surface area contributed by atoms with E-state index in [1.54, 1.807) is 6.92 Å². The van der Waals surface area contributed by atoms with E-state index in [0.717, 1.165) is 18.5 Å². The highest BCUT2D eigenvalue weighted by Gasteiger charge is 2.32. The molecular weight excluding hydrogens is 274 g/mol. The smallest absolute Gasteiger partial charge is 0.359 e. The third-order valence-electron chi connectivity index (χ3n) is 3.56. The van der Waals surface area contributed by atoms with Crippen LogP contribution in [0.4, 0.5) is 0 Å². The first-order valence-corrected chi connectivity index (χ1v) is 6.93. The number of carboxylic acids is 1. The molecule has 112 valence electrons. The third kappa shape index (κ3) is 3.05. The molecule has 7 heteroatoms. The Morgan fingerprint density at radius 1 is 1.57 bits per heavy atom. The Balaban J connectivity index is 2.49. The molecule has 0 saturated carbocycles. The highest BCUT2D eigenvalue weighted by molar-refractivity contribution is 5.89. The number of ether oxygens (including phenoxy) is 1. The van der Waals surface area contributed by atoms with Crippen LogP contribution in [0.25, 0.3) is 0 Å². The molecule has 1 aliphatic carbocycles. The van der Waals surface area contributed by atoms with Crippen molar-refractivity contribution in [2.45, 2.75) is 45.1 Å². The van der Waals surface area contributed by atoms with E-state index in [4.69, 9.17) is 15.1 Å². The summed E-state index contributed by atoms with van der Waals surface area (Å²) in [6.07, 6.45) is 2.60. The van der Waals surface area contributed by atoms with Crippen LogP contribution < -0.4 is 0 Å². The van der Waals surface area contributed by atoms with Gasteiger partial charge < -0.3 is 9.84 Å². The van der Waals surface area contributed by atoms with Gasteiger partial charge in [-0.2, -0.15) is 10.4 Å². The first-order chi connectivity index (χ1) is 10.1. The van der Waals surface area contributed by atoms with Gasteiger partial charge in [0.15, 0.2) is 5.69 Å². The Hall–Kier alpha value is -2.36. The minimum absolute atomic E-state index is 0.0827. The number of carboxylic acid groups (broad SMARTS) is 1. The van der Waals surface area contributed by atoms with Crippen molar-refractivity contribution >= 4 is 11.9 Å². The molecule has 0 spiro atoms. The zero-order valence-corrected chi connectivity index (χ0v) is 11.8. The van der Waals surface area contributed by atoms with Gasteiger partial charge in [0.05, 0.1) is 12.7 Å². The second-order valence-electron chi connectivity index (χ2n) is 4.93. The SMILES string of the molecule is CCOC(=O)c1nn(CC(=O)O)c2c1C(CC#N)CCC2. The zero-order valence-electron chi connectivity index (χ0n) is 11.8. The lowest BCUT2D eigenvalue weighted by atomic mass is 9.83. The molecular formula is C14H17N3O4. The van der Waals surface area contributed by atoms with Crippen LogP contribution in [0.5, 0.6) is 0 Å². The summed E-state index contributed by atoms with van der Waals surface area (Å²) < 4.78 is 6.35. The molecule has 7 nitrogen and oxygen atoms in total. The van der Waals surface area contributed by atoms with Crippen molar-refractivity contribution in [2.75, 3.05) is 6.61 Å². The average Bonchev–Trinajstić information content (AvgIpc) is 2.79. The van der Waals surface area contributed by atoms with Crippen molar-refractivity contribution in [3.8, 4) is 6.07 Å². The molecule has 1 aromatic rings. The number of aromatic nitrogens is 2. The Bertz CT molecular complexity index is 600. The fraction of sp³-hybridized carbons (Fsp3) is 0.571. The molecule has 1 unspecified atom stereocenters. The summed E-state index contributed by atoms with van der Waals surface area (Å²) in [5.74, 6) is -1.65. The molecule has 1 atom stereocenters. The molecule has 0 saturated heterocycles. The van der Waals surface area contributed by atoms with Crippen molar-refractivity contribution in [1.29, 1.82) is 5.26 Å². The Morgan fingerprint density at radius 2 is 2.33 bits per heavy atom. The number of fused-ring (bicyclic) bond motifs is 1. The Kier molecular flexibility index (Phi) is 4.58. The minimum Gasteiger partial charge on any atom is -0.480 e. The molecule has 1 heterocycles. The van der Waals surface area contributed by atoms with Crippen LogP contribution in [-0.4, -0.2) is 33.4 Å². The third-order valence-corrected chi connectivity index (χ3v) is 3.56. The second-order valence-corrected chi connectivity index (χ2v) is 4.93.